The summed E-state index contributed by atoms with van der Waals surface area (Å²) in [5, 5.41) is 9.81. The van der Waals surface area contributed by atoms with Crippen LogP contribution in [0.3, 0.4) is 0 Å². The van der Waals surface area contributed by atoms with Crippen LogP contribution in [-0.2, 0) is 13.1 Å². The molecule has 2 N–H and O–H groups in total. The van der Waals surface area contributed by atoms with Crippen LogP contribution in [0.15, 0.2) is 36.7 Å². The molecular formula is C23H26F2N4O2. The van der Waals surface area contributed by atoms with E-state index in [-0.39, 0.29) is 12.2 Å². The summed E-state index contributed by atoms with van der Waals surface area (Å²) in [6, 6.07) is 5.21. The van der Waals surface area contributed by atoms with Gasteiger partial charge in [-0.1, -0.05) is 13.0 Å². The van der Waals surface area contributed by atoms with Gasteiger partial charge in [-0.3, -0.25) is 14.9 Å². The molecule has 6 nitrogen and oxygen atoms in total. The maximum Gasteiger partial charge on any atom is 0.293 e. The van der Waals surface area contributed by atoms with E-state index in [1.807, 2.05) is 10.8 Å². The normalized spacial score (nSPS) is 13.8. The molecule has 0 spiro atoms. The van der Waals surface area contributed by atoms with E-state index >= 15 is 0 Å². The first-order valence-electron chi connectivity index (χ1n) is 10.6. The molecule has 2 heterocycles. The number of benzene rings is 1. The monoisotopic (exact) mass is 428 g/mol. The third kappa shape index (κ3) is 4.91. The van der Waals surface area contributed by atoms with E-state index in [0.717, 1.165) is 48.0 Å². The molecule has 4 rings (SSSR count). The number of hydrogen-bond donors (Lipinski definition) is 2. The number of rotatable bonds is 9. The second-order valence-corrected chi connectivity index (χ2v) is 8.22. The van der Waals surface area contributed by atoms with Gasteiger partial charge in [0.25, 0.3) is 5.91 Å². The first-order chi connectivity index (χ1) is 15.0. The van der Waals surface area contributed by atoms with Crippen molar-refractivity contribution >= 4 is 16.8 Å². The van der Waals surface area contributed by atoms with Crippen molar-refractivity contribution in [2.45, 2.75) is 39.3 Å². The number of amides is 1. The first kappa shape index (κ1) is 21.4. The second-order valence-electron chi connectivity index (χ2n) is 8.22. The summed E-state index contributed by atoms with van der Waals surface area (Å²) in [7, 11) is 0. The molecule has 2 aromatic heterocycles. The number of halogens is 2. The van der Waals surface area contributed by atoms with Crippen LogP contribution in [0.1, 0.15) is 47.8 Å². The van der Waals surface area contributed by atoms with Crippen molar-refractivity contribution in [2.24, 2.45) is 5.92 Å². The lowest BCUT2D eigenvalue weighted by atomic mass is 10.1. The number of nitrogens with zero attached hydrogens (tertiary/aromatic N) is 3. The molecule has 1 aliphatic carbocycles. The zero-order valence-electron chi connectivity index (χ0n) is 17.4. The molecule has 1 aromatic carbocycles. The highest BCUT2D eigenvalue weighted by atomic mass is 19.1. The van der Waals surface area contributed by atoms with Gasteiger partial charge in [0, 0.05) is 36.3 Å². The molecule has 164 valence electrons. The van der Waals surface area contributed by atoms with Crippen LogP contribution in [-0.4, -0.2) is 38.7 Å². The molecule has 3 aromatic rings. The maximum absolute atomic E-state index is 14.3. The lowest BCUT2D eigenvalue weighted by molar-refractivity contribution is 0.0701. The van der Waals surface area contributed by atoms with Crippen molar-refractivity contribution in [1.29, 1.82) is 0 Å². The number of hydrogen-bond acceptors (Lipinski definition) is 4. The van der Waals surface area contributed by atoms with Crippen molar-refractivity contribution in [3.05, 3.63) is 65.1 Å². The second kappa shape index (κ2) is 9.11. The molecule has 1 saturated carbocycles. The molecule has 0 atom stereocenters. The van der Waals surface area contributed by atoms with E-state index in [9.17, 15) is 13.6 Å². The first-order valence-corrected chi connectivity index (χ1v) is 10.6. The van der Waals surface area contributed by atoms with E-state index in [1.165, 1.54) is 25.0 Å². The number of aromatic nitrogens is 2. The fourth-order valence-corrected chi connectivity index (χ4v) is 3.99. The lowest BCUT2D eigenvalue weighted by Gasteiger charge is -2.21. The summed E-state index contributed by atoms with van der Waals surface area (Å²) < 4.78 is 29.4. The molecule has 0 bridgehead atoms. The van der Waals surface area contributed by atoms with E-state index in [0.29, 0.717) is 12.1 Å². The molecule has 0 unspecified atom stereocenters. The summed E-state index contributed by atoms with van der Waals surface area (Å²) in [6.45, 7) is 5.05. The summed E-state index contributed by atoms with van der Waals surface area (Å²) in [6.07, 6.45) is 7.06. The average molecular weight is 428 g/mol. The molecule has 1 aliphatic rings. The Morgan fingerprint density at radius 3 is 2.77 bits per heavy atom. The van der Waals surface area contributed by atoms with Crippen molar-refractivity contribution in [2.75, 3.05) is 13.1 Å². The highest BCUT2D eigenvalue weighted by Crippen LogP contribution is 2.31. The quantitative estimate of drug-likeness (QED) is 0.398. The van der Waals surface area contributed by atoms with Gasteiger partial charge in [0.15, 0.2) is 0 Å². The van der Waals surface area contributed by atoms with Crippen LogP contribution in [0.2, 0.25) is 0 Å². The van der Waals surface area contributed by atoms with Crippen LogP contribution in [0.4, 0.5) is 8.78 Å². The summed E-state index contributed by atoms with van der Waals surface area (Å²) >= 11 is 0. The van der Waals surface area contributed by atoms with E-state index in [2.05, 4.69) is 16.8 Å². The molecule has 1 fully saturated rings. The van der Waals surface area contributed by atoms with Gasteiger partial charge in [0.05, 0.1) is 18.3 Å². The third-order valence-corrected chi connectivity index (χ3v) is 5.69. The molecule has 0 saturated heterocycles. The van der Waals surface area contributed by atoms with Crippen molar-refractivity contribution in [3.63, 3.8) is 0 Å². The summed E-state index contributed by atoms with van der Waals surface area (Å²) in [5.74, 6) is -1.16. The van der Waals surface area contributed by atoms with E-state index in [4.69, 9.17) is 5.21 Å². The molecule has 1 amide bonds. The Balaban J connectivity index is 1.72. The Labute approximate surface area is 179 Å². The van der Waals surface area contributed by atoms with Crippen LogP contribution in [0.25, 0.3) is 10.9 Å². The number of nitrogens with one attached hydrogen (secondary N) is 1. The van der Waals surface area contributed by atoms with Gasteiger partial charge in [-0.25, -0.2) is 19.2 Å². The van der Waals surface area contributed by atoms with Gasteiger partial charge in [-0.2, -0.15) is 0 Å². The van der Waals surface area contributed by atoms with Crippen LogP contribution in [0, 0.1) is 17.6 Å². The predicted molar refractivity (Wildman–Crippen MR) is 113 cm³/mol. The van der Waals surface area contributed by atoms with Crippen molar-refractivity contribution in [3.8, 4) is 0 Å². The number of pyridine rings is 1. The Morgan fingerprint density at radius 1 is 1.29 bits per heavy atom. The van der Waals surface area contributed by atoms with Gasteiger partial charge in [-0.05, 0) is 49.4 Å². The highest BCUT2D eigenvalue weighted by Gasteiger charge is 2.25. The number of carbonyl (C=O) groups excluding carboxylic acids is 1. The minimum Gasteiger partial charge on any atom is -0.341 e. The Bertz CT molecular complexity index is 1090. The zero-order chi connectivity index (χ0) is 22.0. The average Bonchev–Trinajstić information content (AvgIpc) is 3.51. The fourth-order valence-electron chi connectivity index (χ4n) is 3.99. The van der Waals surface area contributed by atoms with Gasteiger partial charge in [-0.15, -0.1) is 0 Å². The van der Waals surface area contributed by atoms with Crippen molar-refractivity contribution < 1.29 is 18.8 Å². The summed E-state index contributed by atoms with van der Waals surface area (Å²) in [4.78, 5) is 18.4. The standard InChI is InChI=1S/C23H26F2N4O2/c1-2-7-28(11-15-3-4-15)12-17-14-29(13-16-5-6-18(24)8-20(16)25)22-10-26-21(9-19(17)22)23(30)27-31/h5-6,8-10,14-15,31H,2-4,7,11-13H2,1H3,(H,27,30). The Morgan fingerprint density at radius 2 is 2.10 bits per heavy atom. The molecule has 31 heavy (non-hydrogen) atoms. The highest BCUT2D eigenvalue weighted by molar-refractivity contribution is 5.96. The lowest BCUT2D eigenvalue weighted by Crippen LogP contribution is -2.26. The van der Waals surface area contributed by atoms with Gasteiger partial charge in [0.1, 0.15) is 17.3 Å². The number of carbonyl (C=O) groups is 1. The minimum absolute atomic E-state index is 0.103. The largest absolute Gasteiger partial charge is 0.341 e. The van der Waals surface area contributed by atoms with Crippen LogP contribution < -0.4 is 5.48 Å². The van der Waals surface area contributed by atoms with Gasteiger partial charge < -0.3 is 4.57 Å². The molecular weight excluding hydrogens is 402 g/mol. The fraction of sp³-hybridized carbons (Fsp3) is 0.391. The SMILES string of the molecule is CCCN(Cc1cn(Cc2ccc(F)cc2F)c2cnc(C(=O)NO)cc12)CC1CC1. The topological polar surface area (TPSA) is 70.4 Å². The van der Waals surface area contributed by atoms with Gasteiger partial charge in [0.2, 0.25) is 0 Å². The van der Waals surface area contributed by atoms with Crippen LogP contribution >= 0.6 is 0 Å². The minimum atomic E-state index is -0.687. The third-order valence-electron chi connectivity index (χ3n) is 5.69. The predicted octanol–water partition coefficient (Wildman–Crippen LogP) is 4.10. The number of fused-ring (bicyclic) bond motifs is 1. The maximum atomic E-state index is 14.3. The van der Waals surface area contributed by atoms with Gasteiger partial charge >= 0.3 is 0 Å². The Hall–Kier alpha value is -2.84. The van der Waals surface area contributed by atoms with Crippen molar-refractivity contribution in [1.82, 2.24) is 19.9 Å². The molecule has 8 heteroatoms. The number of hydroxylamine groups is 1. The van der Waals surface area contributed by atoms with E-state index in [1.54, 1.807) is 17.7 Å². The zero-order valence-corrected chi connectivity index (χ0v) is 17.4. The molecule has 0 aliphatic heterocycles. The molecule has 0 radical (unpaired) electrons. The Kier molecular flexibility index (Phi) is 6.29. The van der Waals surface area contributed by atoms with Crippen LogP contribution in [0.5, 0.6) is 0 Å². The smallest absolute Gasteiger partial charge is 0.293 e. The summed E-state index contributed by atoms with van der Waals surface area (Å²) in [5.41, 5.74) is 3.83. The van der Waals surface area contributed by atoms with E-state index < -0.39 is 17.5 Å².